The van der Waals surface area contributed by atoms with Crippen LogP contribution in [0, 0.1) is 6.92 Å². The fraction of sp³-hybridized carbons (Fsp3) is 0.176. The number of hydrogen-bond donors (Lipinski definition) is 0. The summed E-state index contributed by atoms with van der Waals surface area (Å²) in [6.07, 6.45) is 1.02. The van der Waals surface area contributed by atoms with Crippen LogP contribution in [-0.2, 0) is 6.42 Å². The van der Waals surface area contributed by atoms with E-state index in [0.717, 1.165) is 17.8 Å². The van der Waals surface area contributed by atoms with Crippen LogP contribution in [0.3, 0.4) is 0 Å². The van der Waals surface area contributed by atoms with Gasteiger partial charge in [-0.25, -0.2) is 0 Å². The minimum Gasteiger partial charge on any atom is -0.461 e. The molecule has 0 amide bonds. The van der Waals surface area contributed by atoms with Crippen LogP contribution in [0.25, 0.3) is 22.1 Å². The zero-order valence-corrected chi connectivity index (χ0v) is 10.7. The van der Waals surface area contributed by atoms with E-state index in [1.165, 1.54) is 22.1 Å². The number of aryl methyl sites for hydroxylation is 2. The average molecular weight is 236 g/mol. The Kier molecular flexibility index (Phi) is 2.67. The monoisotopic (exact) mass is 236 g/mol. The van der Waals surface area contributed by atoms with Crippen molar-refractivity contribution in [2.75, 3.05) is 0 Å². The van der Waals surface area contributed by atoms with Gasteiger partial charge in [-0.05, 0) is 30.5 Å². The van der Waals surface area contributed by atoms with Gasteiger partial charge in [0.15, 0.2) is 0 Å². The molecule has 0 N–H and O–H groups in total. The molecular weight excluding hydrogens is 220 g/mol. The zero-order valence-electron chi connectivity index (χ0n) is 10.7. The van der Waals surface area contributed by atoms with E-state index in [1.807, 2.05) is 13.0 Å². The molecule has 0 aliphatic heterocycles. The van der Waals surface area contributed by atoms with Gasteiger partial charge < -0.3 is 4.42 Å². The molecule has 1 nitrogen and oxygen atoms in total. The van der Waals surface area contributed by atoms with Gasteiger partial charge >= 0.3 is 0 Å². The van der Waals surface area contributed by atoms with Crippen LogP contribution in [0.4, 0.5) is 0 Å². The van der Waals surface area contributed by atoms with Crippen molar-refractivity contribution >= 4 is 11.0 Å². The van der Waals surface area contributed by atoms with Crippen molar-refractivity contribution < 1.29 is 4.42 Å². The predicted molar refractivity (Wildman–Crippen MR) is 75.8 cm³/mol. The molecule has 90 valence electrons. The molecule has 0 atom stereocenters. The highest BCUT2D eigenvalue weighted by Crippen LogP contribution is 2.30. The Balaban J connectivity index is 2.18. The highest BCUT2D eigenvalue weighted by Gasteiger charge is 2.09. The molecule has 0 aliphatic rings. The second-order valence-electron chi connectivity index (χ2n) is 4.57. The maximum Gasteiger partial charge on any atom is 0.135 e. The fourth-order valence-corrected chi connectivity index (χ4v) is 2.52. The van der Waals surface area contributed by atoms with Crippen LogP contribution in [0.15, 0.2) is 52.9 Å². The van der Waals surface area contributed by atoms with Crippen molar-refractivity contribution in [1.29, 1.82) is 0 Å². The highest BCUT2D eigenvalue weighted by molar-refractivity contribution is 5.86. The molecule has 0 aliphatic carbocycles. The van der Waals surface area contributed by atoms with E-state index in [-0.39, 0.29) is 0 Å². The molecule has 0 radical (unpaired) electrons. The van der Waals surface area contributed by atoms with Crippen molar-refractivity contribution in [1.82, 2.24) is 0 Å². The van der Waals surface area contributed by atoms with Gasteiger partial charge in [0.25, 0.3) is 0 Å². The van der Waals surface area contributed by atoms with E-state index in [9.17, 15) is 0 Å². The number of rotatable bonds is 2. The lowest BCUT2D eigenvalue weighted by molar-refractivity contribution is 0.573. The Bertz CT molecular complexity index is 677. The quantitative estimate of drug-likeness (QED) is 0.612. The van der Waals surface area contributed by atoms with Crippen molar-refractivity contribution in [3.63, 3.8) is 0 Å². The van der Waals surface area contributed by atoms with Crippen LogP contribution in [0.5, 0.6) is 0 Å². The standard InChI is InChI=1S/C17H16O/c1-3-15-12(2)18-17-11-14(9-10-16(15)17)13-7-5-4-6-8-13/h4-11H,3H2,1-2H3. The lowest BCUT2D eigenvalue weighted by atomic mass is 10.0. The SMILES string of the molecule is CCc1c(C)oc2cc(-c3ccccc3)ccc12. The lowest BCUT2D eigenvalue weighted by Gasteiger charge is -2.01. The first-order valence-electron chi connectivity index (χ1n) is 6.37. The number of benzene rings is 2. The van der Waals surface area contributed by atoms with Crippen molar-refractivity contribution in [3.8, 4) is 11.1 Å². The summed E-state index contributed by atoms with van der Waals surface area (Å²) < 4.78 is 5.85. The predicted octanol–water partition coefficient (Wildman–Crippen LogP) is 4.97. The van der Waals surface area contributed by atoms with E-state index in [2.05, 4.69) is 49.4 Å². The maximum atomic E-state index is 5.85. The van der Waals surface area contributed by atoms with Gasteiger partial charge in [0.2, 0.25) is 0 Å². The van der Waals surface area contributed by atoms with Gasteiger partial charge in [0.1, 0.15) is 11.3 Å². The molecule has 0 saturated heterocycles. The van der Waals surface area contributed by atoms with Gasteiger partial charge in [-0.1, -0.05) is 49.4 Å². The summed E-state index contributed by atoms with van der Waals surface area (Å²) >= 11 is 0. The van der Waals surface area contributed by atoms with Crippen molar-refractivity contribution in [2.24, 2.45) is 0 Å². The van der Waals surface area contributed by atoms with Gasteiger partial charge in [-0.2, -0.15) is 0 Å². The minimum absolute atomic E-state index is 0.991. The first kappa shape index (κ1) is 11.1. The van der Waals surface area contributed by atoms with Gasteiger partial charge in [0.05, 0.1) is 0 Å². The molecule has 0 bridgehead atoms. The van der Waals surface area contributed by atoms with E-state index in [1.54, 1.807) is 0 Å². The van der Waals surface area contributed by atoms with Gasteiger partial charge in [0, 0.05) is 10.9 Å². The number of furan rings is 1. The smallest absolute Gasteiger partial charge is 0.135 e. The molecular formula is C17H16O. The summed E-state index contributed by atoms with van der Waals surface area (Å²) in [7, 11) is 0. The summed E-state index contributed by atoms with van der Waals surface area (Å²) in [6.45, 7) is 4.21. The topological polar surface area (TPSA) is 13.1 Å². The lowest BCUT2D eigenvalue weighted by Crippen LogP contribution is -1.80. The maximum absolute atomic E-state index is 5.85. The summed E-state index contributed by atoms with van der Waals surface area (Å²) in [6, 6.07) is 16.9. The van der Waals surface area contributed by atoms with Crippen LogP contribution < -0.4 is 0 Å². The van der Waals surface area contributed by atoms with Crippen LogP contribution in [-0.4, -0.2) is 0 Å². The van der Waals surface area contributed by atoms with Gasteiger partial charge in [-0.15, -0.1) is 0 Å². The Morgan fingerprint density at radius 2 is 1.72 bits per heavy atom. The summed E-state index contributed by atoms with van der Waals surface area (Å²) in [5, 5.41) is 1.25. The Hall–Kier alpha value is -2.02. The molecule has 3 aromatic rings. The first-order chi connectivity index (χ1) is 8.79. The van der Waals surface area contributed by atoms with E-state index in [0.29, 0.717) is 0 Å². The zero-order chi connectivity index (χ0) is 12.5. The van der Waals surface area contributed by atoms with E-state index in [4.69, 9.17) is 4.42 Å². The van der Waals surface area contributed by atoms with E-state index < -0.39 is 0 Å². The molecule has 0 fully saturated rings. The molecule has 1 aromatic heterocycles. The molecule has 0 unspecified atom stereocenters. The Labute approximate surface area is 107 Å². The van der Waals surface area contributed by atoms with E-state index >= 15 is 0 Å². The third-order valence-electron chi connectivity index (χ3n) is 3.46. The normalized spacial score (nSPS) is 11.0. The third kappa shape index (κ3) is 1.72. The second kappa shape index (κ2) is 4.34. The largest absolute Gasteiger partial charge is 0.461 e. The fourth-order valence-electron chi connectivity index (χ4n) is 2.52. The van der Waals surface area contributed by atoms with Crippen LogP contribution in [0.2, 0.25) is 0 Å². The Morgan fingerprint density at radius 3 is 2.44 bits per heavy atom. The third-order valence-corrected chi connectivity index (χ3v) is 3.46. The van der Waals surface area contributed by atoms with Crippen molar-refractivity contribution in [2.45, 2.75) is 20.3 Å². The summed E-state index contributed by atoms with van der Waals surface area (Å²) in [5.74, 6) is 1.04. The minimum atomic E-state index is 0.991. The summed E-state index contributed by atoms with van der Waals surface area (Å²) in [5.41, 5.74) is 4.75. The first-order valence-corrected chi connectivity index (χ1v) is 6.37. The molecule has 1 heteroatoms. The Morgan fingerprint density at radius 1 is 0.944 bits per heavy atom. The molecule has 0 saturated carbocycles. The molecule has 3 rings (SSSR count). The van der Waals surface area contributed by atoms with Crippen molar-refractivity contribution in [3.05, 3.63) is 59.9 Å². The molecule has 0 spiro atoms. The van der Waals surface area contributed by atoms with Crippen LogP contribution >= 0.6 is 0 Å². The molecule has 2 aromatic carbocycles. The number of fused-ring (bicyclic) bond motifs is 1. The second-order valence-corrected chi connectivity index (χ2v) is 4.57. The number of hydrogen-bond acceptors (Lipinski definition) is 1. The average Bonchev–Trinajstić information content (AvgIpc) is 2.74. The summed E-state index contributed by atoms with van der Waals surface area (Å²) in [4.78, 5) is 0. The van der Waals surface area contributed by atoms with Gasteiger partial charge in [-0.3, -0.25) is 0 Å². The van der Waals surface area contributed by atoms with Crippen LogP contribution in [0.1, 0.15) is 18.2 Å². The molecule has 1 heterocycles. The molecule has 18 heavy (non-hydrogen) atoms. The highest BCUT2D eigenvalue weighted by atomic mass is 16.3.